The molecule has 0 saturated carbocycles. The molecule has 4 aliphatic rings. The van der Waals surface area contributed by atoms with E-state index in [4.69, 9.17) is 26.3 Å². The first-order valence-corrected chi connectivity index (χ1v) is 15.0. The molecule has 0 radical (unpaired) electrons. The van der Waals surface area contributed by atoms with Gasteiger partial charge in [0.1, 0.15) is 5.82 Å². The molecule has 1 amide bonds. The number of aromatic nitrogens is 2. The largest absolute Gasteiger partial charge is 0.467 e. The van der Waals surface area contributed by atoms with Crippen LogP contribution in [0.1, 0.15) is 30.5 Å². The van der Waals surface area contributed by atoms with Crippen molar-refractivity contribution in [3.63, 3.8) is 0 Å². The fourth-order valence-electron chi connectivity index (χ4n) is 6.79. The van der Waals surface area contributed by atoms with Crippen LogP contribution in [0.4, 0.5) is 11.5 Å². The zero-order valence-electron chi connectivity index (χ0n) is 24.1. The lowest BCUT2D eigenvalue weighted by Gasteiger charge is -2.49. The first kappa shape index (κ1) is 27.8. The molecule has 1 spiro atoms. The Hall–Kier alpha value is -3.36. The van der Waals surface area contributed by atoms with Gasteiger partial charge in [-0.05, 0) is 69.4 Å². The van der Waals surface area contributed by atoms with E-state index in [2.05, 4.69) is 52.6 Å². The summed E-state index contributed by atoms with van der Waals surface area (Å²) in [6, 6.07) is 12.7. The molecular formula is C32H39ClN6O2. The minimum absolute atomic E-state index is 0.0232. The summed E-state index contributed by atoms with van der Waals surface area (Å²) in [6.45, 7) is 11.2. The molecular weight excluding hydrogens is 536 g/mol. The smallest absolute Gasteiger partial charge is 0.318 e. The molecule has 41 heavy (non-hydrogen) atoms. The van der Waals surface area contributed by atoms with E-state index in [-0.39, 0.29) is 11.3 Å². The summed E-state index contributed by atoms with van der Waals surface area (Å²) in [5.74, 6) is 0.997. The van der Waals surface area contributed by atoms with Crippen molar-refractivity contribution in [3.8, 4) is 6.01 Å². The summed E-state index contributed by atoms with van der Waals surface area (Å²) in [7, 11) is 3.79. The minimum atomic E-state index is 0.0232. The van der Waals surface area contributed by atoms with Crippen LogP contribution in [0.2, 0.25) is 5.02 Å². The van der Waals surface area contributed by atoms with E-state index in [9.17, 15) is 4.79 Å². The Morgan fingerprint density at radius 2 is 1.78 bits per heavy atom. The van der Waals surface area contributed by atoms with Crippen LogP contribution in [0.25, 0.3) is 10.8 Å². The number of hydrogen-bond donors (Lipinski definition) is 0. The molecule has 8 nitrogen and oxygen atoms in total. The van der Waals surface area contributed by atoms with Gasteiger partial charge in [-0.15, -0.1) is 0 Å². The quantitative estimate of drug-likeness (QED) is 0.415. The van der Waals surface area contributed by atoms with E-state index >= 15 is 0 Å². The van der Waals surface area contributed by atoms with Gasteiger partial charge in [-0.1, -0.05) is 42.4 Å². The van der Waals surface area contributed by atoms with Crippen LogP contribution >= 0.6 is 11.6 Å². The third-order valence-electron chi connectivity index (χ3n) is 8.98. The Bertz CT molecular complexity index is 1440. The summed E-state index contributed by atoms with van der Waals surface area (Å²) in [6.07, 6.45) is 6.10. The number of methoxy groups -OCH3 is 1. The SMILES string of the molecule is C=CC(=O)N1CCC2(C1)CN(c1nc(OC)nc3c1CCN(c1cccc4cccc(Cl)c14)C3)C2.CN1CCCC1. The zero-order chi connectivity index (χ0) is 28.6. The Kier molecular flexibility index (Phi) is 7.79. The fourth-order valence-corrected chi connectivity index (χ4v) is 7.06. The van der Waals surface area contributed by atoms with E-state index in [0.29, 0.717) is 12.6 Å². The predicted octanol–water partition coefficient (Wildman–Crippen LogP) is 4.79. The molecule has 0 bridgehead atoms. The Morgan fingerprint density at radius 3 is 2.46 bits per heavy atom. The monoisotopic (exact) mass is 574 g/mol. The van der Waals surface area contributed by atoms with Gasteiger partial charge >= 0.3 is 6.01 Å². The van der Waals surface area contributed by atoms with E-state index in [1.165, 1.54) is 37.6 Å². The normalized spacial score (nSPS) is 19.5. The summed E-state index contributed by atoms with van der Waals surface area (Å²) >= 11 is 6.61. The number of hydrogen-bond acceptors (Lipinski definition) is 7. The Labute approximate surface area is 247 Å². The summed E-state index contributed by atoms with van der Waals surface area (Å²) in [5, 5.41) is 2.97. The number of benzene rings is 2. The van der Waals surface area contributed by atoms with Crippen LogP contribution in [-0.4, -0.2) is 85.6 Å². The van der Waals surface area contributed by atoms with Gasteiger partial charge in [0.2, 0.25) is 5.91 Å². The topological polar surface area (TPSA) is 65.0 Å². The van der Waals surface area contributed by atoms with Gasteiger partial charge in [-0.2, -0.15) is 9.97 Å². The molecule has 4 aliphatic heterocycles. The number of carbonyl (C=O) groups is 1. The van der Waals surface area contributed by atoms with Crippen molar-refractivity contribution in [1.29, 1.82) is 0 Å². The van der Waals surface area contributed by atoms with Crippen molar-refractivity contribution in [3.05, 3.63) is 65.3 Å². The number of amides is 1. The molecule has 3 fully saturated rings. The lowest BCUT2D eigenvalue weighted by atomic mass is 9.78. The standard InChI is InChI=1S/C27H28ClN5O2.C5H11N/c1-3-23(34)32-13-11-27(15-32)16-33(17-27)25-19-10-12-31(14-21(19)29-26(30-25)35-2)22-9-5-7-18-6-4-8-20(28)24(18)22;1-6-4-2-3-5-6/h3-9H,1,10-17H2,2H3;2-5H2,1H3. The van der Waals surface area contributed by atoms with E-state index in [1.807, 2.05) is 17.0 Å². The molecule has 216 valence electrons. The van der Waals surface area contributed by atoms with Gasteiger partial charge in [0.05, 0.1) is 24.4 Å². The van der Waals surface area contributed by atoms with Gasteiger partial charge in [-0.3, -0.25) is 4.79 Å². The van der Waals surface area contributed by atoms with Crippen LogP contribution < -0.4 is 14.5 Å². The average Bonchev–Trinajstić information content (AvgIpc) is 3.65. The Morgan fingerprint density at radius 1 is 1.02 bits per heavy atom. The molecule has 1 aromatic heterocycles. The predicted molar refractivity (Wildman–Crippen MR) is 165 cm³/mol. The van der Waals surface area contributed by atoms with Gasteiger partial charge in [0.15, 0.2) is 0 Å². The third-order valence-corrected chi connectivity index (χ3v) is 9.30. The molecule has 5 heterocycles. The lowest BCUT2D eigenvalue weighted by molar-refractivity contribution is -0.125. The lowest BCUT2D eigenvalue weighted by Crippen LogP contribution is -2.58. The van der Waals surface area contributed by atoms with Crippen LogP contribution in [0.5, 0.6) is 6.01 Å². The van der Waals surface area contributed by atoms with Crippen LogP contribution in [0, 0.1) is 5.41 Å². The molecule has 9 heteroatoms. The van der Waals surface area contributed by atoms with Crippen molar-refractivity contribution >= 4 is 39.8 Å². The maximum absolute atomic E-state index is 12.1. The number of rotatable bonds is 4. The number of nitrogens with zero attached hydrogens (tertiary/aromatic N) is 6. The number of carbonyl (C=O) groups excluding carboxylic acids is 1. The summed E-state index contributed by atoms with van der Waals surface area (Å²) in [5.41, 5.74) is 3.46. The van der Waals surface area contributed by atoms with Crippen molar-refractivity contribution in [2.45, 2.75) is 32.2 Å². The third kappa shape index (κ3) is 5.47. The van der Waals surface area contributed by atoms with Gasteiger partial charge in [0.25, 0.3) is 0 Å². The second-order valence-electron chi connectivity index (χ2n) is 11.8. The highest BCUT2D eigenvalue weighted by atomic mass is 35.5. The second-order valence-corrected chi connectivity index (χ2v) is 12.2. The number of ether oxygens (including phenoxy) is 1. The number of anilines is 2. The molecule has 3 saturated heterocycles. The molecule has 3 aromatic rings. The van der Waals surface area contributed by atoms with Crippen molar-refractivity contribution in [1.82, 2.24) is 19.8 Å². The molecule has 0 atom stereocenters. The van der Waals surface area contributed by atoms with Crippen molar-refractivity contribution in [2.24, 2.45) is 5.41 Å². The maximum atomic E-state index is 12.1. The van der Waals surface area contributed by atoms with Gasteiger partial charge in [0, 0.05) is 54.8 Å². The van der Waals surface area contributed by atoms with Crippen molar-refractivity contribution in [2.75, 3.05) is 69.8 Å². The summed E-state index contributed by atoms with van der Waals surface area (Å²) < 4.78 is 5.50. The first-order chi connectivity index (χ1) is 19.9. The number of likely N-dealkylation sites (tertiary alicyclic amines) is 2. The Balaban J connectivity index is 0.000000449. The summed E-state index contributed by atoms with van der Waals surface area (Å²) in [4.78, 5) is 30.5. The molecule has 0 unspecified atom stereocenters. The van der Waals surface area contributed by atoms with E-state index in [0.717, 1.165) is 78.6 Å². The fraction of sp³-hybridized carbons (Fsp3) is 0.469. The maximum Gasteiger partial charge on any atom is 0.318 e. The zero-order valence-corrected chi connectivity index (χ0v) is 24.9. The first-order valence-electron chi connectivity index (χ1n) is 14.6. The van der Waals surface area contributed by atoms with Gasteiger partial charge in [-0.25, -0.2) is 0 Å². The minimum Gasteiger partial charge on any atom is -0.467 e. The highest BCUT2D eigenvalue weighted by Gasteiger charge is 2.49. The molecule has 2 aromatic carbocycles. The number of fused-ring (bicyclic) bond motifs is 2. The highest BCUT2D eigenvalue weighted by molar-refractivity contribution is 6.36. The molecule has 0 aliphatic carbocycles. The van der Waals surface area contributed by atoms with Crippen LogP contribution in [-0.2, 0) is 17.8 Å². The second kappa shape index (κ2) is 11.5. The van der Waals surface area contributed by atoms with Gasteiger partial charge < -0.3 is 24.3 Å². The van der Waals surface area contributed by atoms with Crippen LogP contribution in [0.3, 0.4) is 0 Å². The van der Waals surface area contributed by atoms with Crippen LogP contribution in [0.15, 0.2) is 49.1 Å². The highest BCUT2D eigenvalue weighted by Crippen LogP contribution is 2.44. The van der Waals surface area contributed by atoms with E-state index < -0.39 is 0 Å². The number of halogens is 1. The van der Waals surface area contributed by atoms with E-state index in [1.54, 1.807) is 7.11 Å². The van der Waals surface area contributed by atoms with Crippen molar-refractivity contribution < 1.29 is 9.53 Å². The molecule has 0 N–H and O–H groups in total. The average molecular weight is 575 g/mol. The molecule has 7 rings (SSSR count).